The van der Waals surface area contributed by atoms with Crippen molar-refractivity contribution in [1.82, 2.24) is 0 Å². The second-order valence-electron chi connectivity index (χ2n) is 3.42. The lowest BCUT2D eigenvalue weighted by molar-refractivity contribution is 0.0975. The van der Waals surface area contributed by atoms with E-state index >= 15 is 0 Å². The molecular weight excluding hydrogens is 206 g/mol. The van der Waals surface area contributed by atoms with Gasteiger partial charge < -0.3 is 19.9 Å². The SMILES string of the molecule is COc1ccc(C(CCN)OC)cc1OC. The summed E-state index contributed by atoms with van der Waals surface area (Å²) in [6, 6.07) is 5.75. The van der Waals surface area contributed by atoms with Crippen molar-refractivity contribution in [1.29, 1.82) is 0 Å². The molecule has 16 heavy (non-hydrogen) atoms. The van der Waals surface area contributed by atoms with E-state index < -0.39 is 0 Å². The summed E-state index contributed by atoms with van der Waals surface area (Å²) in [7, 11) is 4.91. The summed E-state index contributed by atoms with van der Waals surface area (Å²) in [6.45, 7) is 0.590. The van der Waals surface area contributed by atoms with Crippen molar-refractivity contribution in [3.05, 3.63) is 23.8 Å². The van der Waals surface area contributed by atoms with E-state index in [0.717, 1.165) is 12.0 Å². The van der Waals surface area contributed by atoms with E-state index in [1.54, 1.807) is 21.3 Å². The van der Waals surface area contributed by atoms with Gasteiger partial charge in [-0.1, -0.05) is 6.07 Å². The third kappa shape index (κ3) is 2.87. The lowest BCUT2D eigenvalue weighted by Gasteiger charge is -2.16. The van der Waals surface area contributed by atoms with E-state index in [2.05, 4.69) is 0 Å². The van der Waals surface area contributed by atoms with E-state index in [1.165, 1.54) is 0 Å². The van der Waals surface area contributed by atoms with Crippen LogP contribution in [0, 0.1) is 0 Å². The molecule has 1 unspecified atom stereocenters. The van der Waals surface area contributed by atoms with Crippen LogP contribution in [0.15, 0.2) is 18.2 Å². The van der Waals surface area contributed by atoms with Crippen LogP contribution in [-0.2, 0) is 4.74 Å². The van der Waals surface area contributed by atoms with Crippen molar-refractivity contribution in [3.8, 4) is 11.5 Å². The Kier molecular flexibility index (Phi) is 5.08. The maximum Gasteiger partial charge on any atom is 0.161 e. The van der Waals surface area contributed by atoms with Gasteiger partial charge in [0.15, 0.2) is 11.5 Å². The van der Waals surface area contributed by atoms with Crippen LogP contribution in [0.2, 0.25) is 0 Å². The number of nitrogens with two attached hydrogens (primary N) is 1. The Hall–Kier alpha value is -1.26. The fourth-order valence-corrected chi connectivity index (χ4v) is 1.63. The van der Waals surface area contributed by atoms with Gasteiger partial charge in [-0.2, -0.15) is 0 Å². The van der Waals surface area contributed by atoms with Crippen molar-refractivity contribution in [3.63, 3.8) is 0 Å². The zero-order valence-electron chi connectivity index (χ0n) is 10.0. The molecule has 1 atom stereocenters. The summed E-state index contributed by atoms with van der Waals surface area (Å²) in [6.07, 6.45) is 0.788. The number of benzene rings is 1. The molecule has 0 heterocycles. The standard InChI is InChI=1S/C12H19NO3/c1-14-10(6-7-13)9-4-5-11(15-2)12(8-9)16-3/h4-5,8,10H,6-7,13H2,1-3H3. The molecule has 0 aromatic heterocycles. The van der Waals surface area contributed by atoms with Gasteiger partial charge >= 0.3 is 0 Å². The van der Waals surface area contributed by atoms with Crippen LogP contribution in [-0.4, -0.2) is 27.9 Å². The smallest absolute Gasteiger partial charge is 0.161 e. The topological polar surface area (TPSA) is 53.7 Å². The summed E-state index contributed by atoms with van der Waals surface area (Å²) in [5.41, 5.74) is 6.58. The van der Waals surface area contributed by atoms with Crippen LogP contribution >= 0.6 is 0 Å². The van der Waals surface area contributed by atoms with Crippen LogP contribution in [0.3, 0.4) is 0 Å². The first-order valence-corrected chi connectivity index (χ1v) is 5.21. The molecule has 90 valence electrons. The zero-order valence-corrected chi connectivity index (χ0v) is 10.0. The quantitative estimate of drug-likeness (QED) is 0.801. The van der Waals surface area contributed by atoms with E-state index in [-0.39, 0.29) is 6.10 Å². The highest BCUT2D eigenvalue weighted by atomic mass is 16.5. The van der Waals surface area contributed by atoms with Gasteiger partial charge in [-0.25, -0.2) is 0 Å². The average molecular weight is 225 g/mol. The Labute approximate surface area is 96.3 Å². The third-order valence-electron chi connectivity index (χ3n) is 2.49. The fourth-order valence-electron chi connectivity index (χ4n) is 1.63. The van der Waals surface area contributed by atoms with E-state index in [0.29, 0.717) is 18.0 Å². The molecule has 2 N–H and O–H groups in total. The van der Waals surface area contributed by atoms with Gasteiger partial charge in [-0.3, -0.25) is 0 Å². The Morgan fingerprint density at radius 1 is 1.12 bits per heavy atom. The third-order valence-corrected chi connectivity index (χ3v) is 2.49. The molecule has 1 aromatic rings. The normalized spacial score (nSPS) is 12.2. The number of hydrogen-bond acceptors (Lipinski definition) is 4. The minimum absolute atomic E-state index is 0.00445. The molecule has 0 fully saturated rings. The second-order valence-corrected chi connectivity index (χ2v) is 3.42. The minimum Gasteiger partial charge on any atom is -0.493 e. The largest absolute Gasteiger partial charge is 0.493 e. The number of ether oxygens (including phenoxy) is 3. The Balaban J connectivity index is 2.96. The fraction of sp³-hybridized carbons (Fsp3) is 0.500. The van der Waals surface area contributed by atoms with Crippen LogP contribution in [0.25, 0.3) is 0 Å². The molecule has 0 spiro atoms. The van der Waals surface area contributed by atoms with Gasteiger partial charge in [0.2, 0.25) is 0 Å². The number of hydrogen-bond donors (Lipinski definition) is 1. The summed E-state index contributed by atoms with van der Waals surface area (Å²) in [5.74, 6) is 1.42. The van der Waals surface area contributed by atoms with Gasteiger partial charge in [0.05, 0.1) is 20.3 Å². The predicted molar refractivity (Wildman–Crippen MR) is 63.0 cm³/mol. The van der Waals surface area contributed by atoms with Gasteiger partial charge in [0.25, 0.3) is 0 Å². The lowest BCUT2D eigenvalue weighted by atomic mass is 10.1. The Morgan fingerprint density at radius 3 is 2.31 bits per heavy atom. The van der Waals surface area contributed by atoms with Crippen molar-refractivity contribution in [2.45, 2.75) is 12.5 Å². The van der Waals surface area contributed by atoms with E-state index in [9.17, 15) is 0 Å². The number of methoxy groups -OCH3 is 3. The molecule has 4 nitrogen and oxygen atoms in total. The summed E-state index contributed by atoms with van der Waals surface area (Å²) >= 11 is 0. The van der Waals surface area contributed by atoms with Crippen molar-refractivity contribution < 1.29 is 14.2 Å². The molecule has 1 aromatic carbocycles. The highest BCUT2D eigenvalue weighted by molar-refractivity contribution is 5.43. The van der Waals surface area contributed by atoms with Crippen LogP contribution in [0.1, 0.15) is 18.1 Å². The van der Waals surface area contributed by atoms with Crippen LogP contribution in [0.4, 0.5) is 0 Å². The van der Waals surface area contributed by atoms with Gasteiger partial charge in [0, 0.05) is 7.11 Å². The molecule has 0 saturated heterocycles. The zero-order chi connectivity index (χ0) is 12.0. The molecule has 0 radical (unpaired) electrons. The maximum atomic E-state index is 5.53. The number of rotatable bonds is 6. The van der Waals surface area contributed by atoms with Gasteiger partial charge in [-0.15, -0.1) is 0 Å². The van der Waals surface area contributed by atoms with Gasteiger partial charge in [0.1, 0.15) is 0 Å². The monoisotopic (exact) mass is 225 g/mol. The Bertz CT molecular complexity index is 328. The minimum atomic E-state index is 0.00445. The predicted octanol–water partition coefficient (Wildman–Crippen LogP) is 1.74. The molecule has 0 aliphatic rings. The maximum absolute atomic E-state index is 5.53. The highest BCUT2D eigenvalue weighted by Crippen LogP contribution is 2.31. The van der Waals surface area contributed by atoms with Crippen LogP contribution in [0.5, 0.6) is 11.5 Å². The summed E-state index contributed by atoms with van der Waals surface area (Å²) < 4.78 is 15.8. The molecule has 0 aliphatic heterocycles. The van der Waals surface area contributed by atoms with Crippen molar-refractivity contribution in [2.24, 2.45) is 5.73 Å². The van der Waals surface area contributed by atoms with E-state index in [4.69, 9.17) is 19.9 Å². The summed E-state index contributed by atoms with van der Waals surface area (Å²) in [5, 5.41) is 0. The Morgan fingerprint density at radius 2 is 1.81 bits per heavy atom. The highest BCUT2D eigenvalue weighted by Gasteiger charge is 2.12. The lowest BCUT2D eigenvalue weighted by Crippen LogP contribution is -2.09. The van der Waals surface area contributed by atoms with Crippen molar-refractivity contribution >= 4 is 0 Å². The first-order chi connectivity index (χ1) is 7.76. The van der Waals surface area contributed by atoms with E-state index in [1.807, 2.05) is 18.2 Å². The first-order valence-electron chi connectivity index (χ1n) is 5.21. The molecular formula is C12H19NO3. The summed E-state index contributed by atoms with van der Waals surface area (Å²) in [4.78, 5) is 0. The molecule has 0 aliphatic carbocycles. The first kappa shape index (κ1) is 12.8. The molecule has 0 amide bonds. The molecule has 0 saturated carbocycles. The van der Waals surface area contributed by atoms with Crippen LogP contribution < -0.4 is 15.2 Å². The van der Waals surface area contributed by atoms with Crippen molar-refractivity contribution in [2.75, 3.05) is 27.9 Å². The molecule has 1 rings (SSSR count). The molecule has 4 heteroatoms. The molecule has 0 bridgehead atoms. The average Bonchev–Trinajstić information content (AvgIpc) is 2.35. The second kappa shape index (κ2) is 6.35. The van der Waals surface area contributed by atoms with Gasteiger partial charge in [-0.05, 0) is 30.7 Å².